The van der Waals surface area contributed by atoms with E-state index >= 15 is 0 Å². The molecule has 3 heteroatoms. The largest absolute Gasteiger partial charge is 0.274 e. The molecule has 0 spiro atoms. The zero-order chi connectivity index (χ0) is 14.4. The van der Waals surface area contributed by atoms with E-state index in [9.17, 15) is 9.59 Å². The van der Waals surface area contributed by atoms with Crippen molar-refractivity contribution in [2.24, 2.45) is 5.92 Å². The normalized spacial score (nSPS) is 18.5. The van der Waals surface area contributed by atoms with Crippen LogP contribution in [0.1, 0.15) is 42.5 Å². The number of hydrogen-bond donors (Lipinski definition) is 0. The van der Waals surface area contributed by atoms with Crippen LogP contribution in [-0.4, -0.2) is 11.8 Å². The van der Waals surface area contributed by atoms with Gasteiger partial charge in [0.1, 0.15) is 0 Å². The molecule has 2 amide bonds. The van der Waals surface area contributed by atoms with Crippen LogP contribution in [0.4, 0.5) is 5.69 Å². The molecular weight excluding hydrogens is 262 g/mol. The second kappa shape index (κ2) is 4.69. The number of carbonyl (C=O) groups excluding carboxylic acids is 2. The number of benzene rings is 2. The highest BCUT2D eigenvalue weighted by molar-refractivity contribution is 6.33. The molecule has 1 aliphatic carbocycles. The smallest absolute Gasteiger partial charge is 0.265 e. The van der Waals surface area contributed by atoms with Crippen LogP contribution in [0.5, 0.6) is 0 Å². The van der Waals surface area contributed by atoms with Crippen molar-refractivity contribution in [1.29, 1.82) is 0 Å². The first-order valence-corrected chi connectivity index (χ1v) is 7.67. The molecule has 21 heavy (non-hydrogen) atoms. The van der Waals surface area contributed by atoms with Crippen molar-refractivity contribution in [1.82, 2.24) is 0 Å². The summed E-state index contributed by atoms with van der Waals surface area (Å²) >= 11 is 0. The van der Waals surface area contributed by atoms with E-state index in [4.69, 9.17) is 0 Å². The minimum absolute atomic E-state index is 0.00673. The lowest BCUT2D eigenvalue weighted by molar-refractivity contribution is -0.122. The third kappa shape index (κ3) is 1.80. The number of imide groups is 1. The van der Waals surface area contributed by atoms with Crippen molar-refractivity contribution in [2.45, 2.75) is 32.1 Å². The van der Waals surface area contributed by atoms with Crippen molar-refractivity contribution in [3.63, 3.8) is 0 Å². The number of nitrogens with zero attached hydrogens (tertiary/aromatic N) is 1. The molecule has 2 aromatic carbocycles. The van der Waals surface area contributed by atoms with E-state index in [0.29, 0.717) is 5.56 Å². The van der Waals surface area contributed by atoms with Crippen molar-refractivity contribution < 1.29 is 9.59 Å². The Morgan fingerprint density at radius 1 is 1.00 bits per heavy atom. The maximum atomic E-state index is 12.8. The van der Waals surface area contributed by atoms with Crippen molar-refractivity contribution in [3.8, 4) is 0 Å². The van der Waals surface area contributed by atoms with Crippen LogP contribution in [0, 0.1) is 5.92 Å². The second-order valence-corrected chi connectivity index (χ2v) is 5.99. The molecule has 0 unspecified atom stereocenters. The molecule has 0 aromatic heterocycles. The molecule has 3 nitrogen and oxygen atoms in total. The van der Waals surface area contributed by atoms with Gasteiger partial charge in [-0.1, -0.05) is 43.5 Å². The van der Waals surface area contributed by atoms with Crippen LogP contribution in [0.2, 0.25) is 0 Å². The van der Waals surface area contributed by atoms with Gasteiger partial charge in [0.05, 0.1) is 11.3 Å². The van der Waals surface area contributed by atoms with Crippen LogP contribution in [-0.2, 0) is 4.79 Å². The average molecular weight is 279 g/mol. The van der Waals surface area contributed by atoms with Gasteiger partial charge in [0.25, 0.3) is 5.91 Å². The fraction of sp³-hybridized carbons (Fsp3) is 0.333. The number of rotatable bonds is 1. The lowest BCUT2D eigenvalue weighted by Gasteiger charge is -2.25. The number of anilines is 1. The topological polar surface area (TPSA) is 37.4 Å². The van der Waals surface area contributed by atoms with Gasteiger partial charge < -0.3 is 0 Å². The summed E-state index contributed by atoms with van der Waals surface area (Å²) in [5.41, 5.74) is 1.43. The van der Waals surface area contributed by atoms with Crippen LogP contribution in [0.15, 0.2) is 36.4 Å². The first kappa shape index (κ1) is 12.6. The van der Waals surface area contributed by atoms with Crippen molar-refractivity contribution in [2.75, 3.05) is 4.90 Å². The Labute approximate surface area is 123 Å². The highest BCUT2D eigenvalue weighted by Gasteiger charge is 2.37. The predicted octanol–water partition coefficient (Wildman–Crippen LogP) is 3.91. The third-order valence-corrected chi connectivity index (χ3v) is 4.73. The van der Waals surface area contributed by atoms with Crippen molar-refractivity contribution >= 4 is 28.3 Å². The summed E-state index contributed by atoms with van der Waals surface area (Å²) in [6, 6.07) is 11.5. The molecule has 1 saturated carbocycles. The van der Waals surface area contributed by atoms with Gasteiger partial charge in [-0.2, -0.15) is 0 Å². The summed E-state index contributed by atoms with van der Waals surface area (Å²) in [6.07, 6.45) is 5.21. The molecule has 1 aliphatic heterocycles. The van der Waals surface area contributed by atoms with Gasteiger partial charge in [-0.05, 0) is 30.4 Å². The molecule has 1 heterocycles. The standard InChI is InChI=1S/C18H17NO2/c20-17(13-6-2-1-3-7-13)19-15-11-5-9-12-8-4-10-14(16(12)15)18(19)21/h4-5,8-11,13H,1-3,6-7H2. The quantitative estimate of drug-likeness (QED) is 0.742. The SMILES string of the molecule is O=C1c2cccc3cccc(c23)N1C(=O)C1CCCCC1. The fourth-order valence-electron chi connectivity index (χ4n) is 3.67. The molecule has 0 saturated heterocycles. The molecule has 2 aromatic rings. The Morgan fingerprint density at radius 2 is 1.71 bits per heavy atom. The lowest BCUT2D eigenvalue weighted by Crippen LogP contribution is -2.39. The Bertz CT molecular complexity index is 739. The van der Waals surface area contributed by atoms with Crippen molar-refractivity contribution in [3.05, 3.63) is 42.0 Å². The van der Waals surface area contributed by atoms with Gasteiger partial charge in [-0.3, -0.25) is 9.59 Å². The monoisotopic (exact) mass is 279 g/mol. The van der Waals surface area contributed by atoms with E-state index in [2.05, 4.69) is 0 Å². The van der Waals surface area contributed by atoms with Gasteiger partial charge >= 0.3 is 0 Å². The van der Waals surface area contributed by atoms with Crippen LogP contribution < -0.4 is 4.90 Å². The summed E-state index contributed by atoms with van der Waals surface area (Å²) < 4.78 is 0. The molecule has 0 N–H and O–H groups in total. The molecule has 1 fully saturated rings. The first-order chi connectivity index (χ1) is 10.3. The number of amides is 2. The fourth-order valence-corrected chi connectivity index (χ4v) is 3.67. The summed E-state index contributed by atoms with van der Waals surface area (Å²) in [4.78, 5) is 26.9. The van der Waals surface area contributed by atoms with Gasteiger partial charge in [0, 0.05) is 11.3 Å². The minimum Gasteiger partial charge on any atom is -0.274 e. The summed E-state index contributed by atoms with van der Waals surface area (Å²) in [7, 11) is 0. The van der Waals surface area contributed by atoms with E-state index < -0.39 is 0 Å². The van der Waals surface area contributed by atoms with Crippen LogP contribution >= 0.6 is 0 Å². The third-order valence-electron chi connectivity index (χ3n) is 4.73. The van der Waals surface area contributed by atoms with E-state index in [1.165, 1.54) is 11.3 Å². The molecule has 4 rings (SSSR count). The highest BCUT2D eigenvalue weighted by atomic mass is 16.2. The van der Waals surface area contributed by atoms with Gasteiger partial charge in [0.15, 0.2) is 0 Å². The number of hydrogen-bond acceptors (Lipinski definition) is 2. The molecule has 2 aliphatic rings. The Morgan fingerprint density at radius 3 is 2.48 bits per heavy atom. The molecule has 106 valence electrons. The van der Waals surface area contributed by atoms with Crippen LogP contribution in [0.25, 0.3) is 10.8 Å². The zero-order valence-corrected chi connectivity index (χ0v) is 11.8. The van der Waals surface area contributed by atoms with Gasteiger partial charge in [-0.15, -0.1) is 0 Å². The average Bonchev–Trinajstić information content (AvgIpc) is 2.83. The predicted molar refractivity (Wildman–Crippen MR) is 82.3 cm³/mol. The summed E-state index contributed by atoms with van der Waals surface area (Å²) in [6.45, 7) is 0. The van der Waals surface area contributed by atoms with E-state index in [1.54, 1.807) is 0 Å². The van der Waals surface area contributed by atoms with E-state index in [0.717, 1.165) is 42.1 Å². The van der Waals surface area contributed by atoms with E-state index in [1.807, 2.05) is 36.4 Å². The minimum atomic E-state index is -0.155. The summed E-state index contributed by atoms with van der Waals surface area (Å²) in [5.74, 6) is -0.159. The highest BCUT2D eigenvalue weighted by Crippen LogP contribution is 2.39. The first-order valence-electron chi connectivity index (χ1n) is 7.67. The molecule has 0 atom stereocenters. The Balaban J connectivity index is 1.80. The zero-order valence-electron chi connectivity index (χ0n) is 11.8. The number of carbonyl (C=O) groups is 2. The van der Waals surface area contributed by atoms with Gasteiger partial charge in [-0.25, -0.2) is 4.90 Å². The Kier molecular flexibility index (Phi) is 2.81. The van der Waals surface area contributed by atoms with Gasteiger partial charge in [0.2, 0.25) is 5.91 Å². The lowest BCUT2D eigenvalue weighted by atomic mass is 9.88. The molecular formula is C18H17NO2. The van der Waals surface area contributed by atoms with E-state index in [-0.39, 0.29) is 17.7 Å². The Hall–Kier alpha value is -2.16. The molecule has 0 bridgehead atoms. The maximum absolute atomic E-state index is 12.8. The van der Waals surface area contributed by atoms with Crippen LogP contribution in [0.3, 0.4) is 0 Å². The second-order valence-electron chi connectivity index (χ2n) is 5.99. The maximum Gasteiger partial charge on any atom is 0.265 e. The summed E-state index contributed by atoms with van der Waals surface area (Å²) in [5, 5.41) is 1.95. The molecule has 0 radical (unpaired) electrons.